The Bertz CT molecular complexity index is 963. The van der Waals surface area contributed by atoms with Crippen molar-refractivity contribution in [3.8, 4) is 0 Å². The van der Waals surface area contributed by atoms with Crippen LogP contribution in [0.15, 0.2) is 40.6 Å². The molecule has 10 heteroatoms. The minimum atomic E-state index is -3.66. The second-order valence-electron chi connectivity index (χ2n) is 6.37. The molecule has 1 aromatic carbocycles. The molecule has 1 aliphatic rings. The molecule has 2 heterocycles. The van der Waals surface area contributed by atoms with E-state index in [9.17, 15) is 18.0 Å². The second kappa shape index (κ2) is 7.77. The molecule has 8 nitrogen and oxygen atoms in total. The normalized spacial score (nSPS) is 16.2. The molecule has 3 rings (SSSR count). The van der Waals surface area contributed by atoms with E-state index in [0.717, 1.165) is 13.1 Å². The Morgan fingerprint density at radius 3 is 2.59 bits per heavy atom. The quantitative estimate of drug-likeness (QED) is 0.624. The zero-order chi connectivity index (χ0) is 19.6. The van der Waals surface area contributed by atoms with E-state index in [1.54, 1.807) is 5.38 Å². The third-order valence-corrected chi connectivity index (χ3v) is 7.19. The number of thiophene rings is 1. The molecule has 144 valence electrons. The van der Waals surface area contributed by atoms with E-state index in [1.807, 2.05) is 7.05 Å². The van der Waals surface area contributed by atoms with Gasteiger partial charge in [-0.3, -0.25) is 9.59 Å². The fourth-order valence-corrected chi connectivity index (χ4v) is 5.11. The lowest BCUT2D eigenvalue weighted by Crippen LogP contribution is -3.12. The van der Waals surface area contributed by atoms with Gasteiger partial charge in [-0.1, -0.05) is 6.07 Å². The lowest BCUT2D eigenvalue weighted by molar-refractivity contribution is -0.883. The zero-order valence-corrected chi connectivity index (χ0v) is 16.4. The van der Waals surface area contributed by atoms with E-state index in [4.69, 9.17) is 5.73 Å². The third-order valence-electron chi connectivity index (χ3n) is 4.47. The number of amides is 2. The van der Waals surface area contributed by atoms with Crippen molar-refractivity contribution in [2.45, 2.75) is 4.90 Å². The maximum Gasteiger partial charge on any atom is 0.256 e. The van der Waals surface area contributed by atoms with Crippen molar-refractivity contribution in [2.75, 3.05) is 38.5 Å². The number of benzene rings is 1. The number of rotatable bonds is 5. The van der Waals surface area contributed by atoms with Gasteiger partial charge in [0.05, 0.1) is 43.7 Å². The molecular formula is C17H21N4O4S2+. The zero-order valence-electron chi connectivity index (χ0n) is 14.8. The average molecular weight is 410 g/mol. The van der Waals surface area contributed by atoms with Gasteiger partial charge in [0.2, 0.25) is 10.0 Å². The number of likely N-dealkylation sites (N-methyl/N-ethyl adjacent to an activating group) is 1. The molecule has 1 fully saturated rings. The number of carbonyl (C=O) groups is 2. The van der Waals surface area contributed by atoms with Crippen LogP contribution in [0.4, 0.5) is 5.00 Å². The van der Waals surface area contributed by atoms with Crippen molar-refractivity contribution >= 4 is 38.2 Å². The lowest BCUT2D eigenvalue weighted by atomic mass is 10.2. The van der Waals surface area contributed by atoms with Crippen LogP contribution in [0.25, 0.3) is 0 Å². The number of primary amides is 1. The molecule has 0 unspecified atom stereocenters. The van der Waals surface area contributed by atoms with E-state index in [-0.39, 0.29) is 16.0 Å². The highest BCUT2D eigenvalue weighted by atomic mass is 32.2. The molecule has 2 amide bonds. The molecule has 0 spiro atoms. The summed E-state index contributed by atoms with van der Waals surface area (Å²) >= 11 is 1.17. The third kappa shape index (κ3) is 4.19. The van der Waals surface area contributed by atoms with Crippen molar-refractivity contribution in [3.05, 3.63) is 46.8 Å². The summed E-state index contributed by atoms with van der Waals surface area (Å²) in [6.45, 7) is 2.38. The molecule has 0 bridgehead atoms. The van der Waals surface area contributed by atoms with Crippen LogP contribution in [0.3, 0.4) is 0 Å². The van der Waals surface area contributed by atoms with Gasteiger partial charge in [0.1, 0.15) is 5.00 Å². The first-order chi connectivity index (χ1) is 12.8. The van der Waals surface area contributed by atoms with Crippen molar-refractivity contribution in [1.29, 1.82) is 0 Å². The summed E-state index contributed by atoms with van der Waals surface area (Å²) in [5.74, 6) is -1.14. The molecule has 1 aromatic heterocycles. The maximum atomic E-state index is 12.9. The number of quaternary nitrogens is 1. The van der Waals surface area contributed by atoms with Crippen molar-refractivity contribution in [2.24, 2.45) is 5.73 Å². The van der Waals surface area contributed by atoms with E-state index < -0.39 is 21.8 Å². The summed E-state index contributed by atoms with van der Waals surface area (Å²) in [5.41, 5.74) is 5.69. The molecule has 1 aliphatic heterocycles. The van der Waals surface area contributed by atoms with Crippen LogP contribution >= 0.6 is 11.3 Å². The highest BCUT2D eigenvalue weighted by Crippen LogP contribution is 2.24. The van der Waals surface area contributed by atoms with Crippen LogP contribution in [0, 0.1) is 0 Å². The van der Waals surface area contributed by atoms with Gasteiger partial charge in [0, 0.05) is 5.56 Å². The Hall–Kier alpha value is -2.27. The first-order valence-electron chi connectivity index (χ1n) is 8.39. The van der Waals surface area contributed by atoms with Gasteiger partial charge < -0.3 is 16.0 Å². The van der Waals surface area contributed by atoms with Gasteiger partial charge >= 0.3 is 0 Å². The highest BCUT2D eigenvalue weighted by Gasteiger charge is 2.29. The summed E-state index contributed by atoms with van der Waals surface area (Å²) in [6.07, 6.45) is 0. The van der Waals surface area contributed by atoms with Gasteiger partial charge in [-0.2, -0.15) is 4.31 Å². The van der Waals surface area contributed by atoms with Gasteiger partial charge in [0.15, 0.2) is 0 Å². The monoisotopic (exact) mass is 409 g/mol. The van der Waals surface area contributed by atoms with Crippen LogP contribution in [-0.4, -0.2) is 57.8 Å². The molecular weight excluding hydrogens is 388 g/mol. The molecule has 0 radical (unpaired) electrons. The Morgan fingerprint density at radius 2 is 1.93 bits per heavy atom. The Kier molecular flexibility index (Phi) is 5.61. The molecule has 0 atom stereocenters. The van der Waals surface area contributed by atoms with Crippen LogP contribution < -0.4 is 16.0 Å². The summed E-state index contributed by atoms with van der Waals surface area (Å²) < 4.78 is 27.2. The number of nitrogens with two attached hydrogens (primary N) is 1. The minimum absolute atomic E-state index is 0.0796. The van der Waals surface area contributed by atoms with E-state index in [2.05, 4.69) is 5.32 Å². The number of piperazine rings is 1. The maximum absolute atomic E-state index is 12.9. The predicted octanol–water partition coefficient (Wildman–Crippen LogP) is -0.382. The number of anilines is 1. The van der Waals surface area contributed by atoms with Crippen molar-refractivity contribution < 1.29 is 22.9 Å². The lowest BCUT2D eigenvalue weighted by Gasteiger charge is -2.29. The van der Waals surface area contributed by atoms with Gasteiger partial charge in [0.25, 0.3) is 11.8 Å². The summed E-state index contributed by atoms with van der Waals surface area (Å²) in [6, 6.07) is 7.43. The van der Waals surface area contributed by atoms with Gasteiger partial charge in [-0.25, -0.2) is 8.42 Å². The number of nitrogens with one attached hydrogen (secondary N) is 2. The SMILES string of the molecule is C[NH+]1CCN(S(=O)(=O)c2cccc(C(=O)Nc3sccc3C(N)=O)c2)CC1. The number of sulfonamides is 1. The first-order valence-corrected chi connectivity index (χ1v) is 10.7. The molecule has 2 aromatic rings. The molecule has 0 saturated carbocycles. The summed E-state index contributed by atoms with van der Waals surface area (Å²) in [7, 11) is -1.63. The van der Waals surface area contributed by atoms with Crippen molar-refractivity contribution in [3.63, 3.8) is 0 Å². The van der Waals surface area contributed by atoms with Crippen LogP contribution in [-0.2, 0) is 10.0 Å². The second-order valence-corrected chi connectivity index (χ2v) is 9.22. The fourth-order valence-electron chi connectivity index (χ4n) is 2.83. The van der Waals surface area contributed by atoms with Crippen LogP contribution in [0.2, 0.25) is 0 Å². The first kappa shape index (κ1) is 19.5. The highest BCUT2D eigenvalue weighted by molar-refractivity contribution is 7.89. The largest absolute Gasteiger partial charge is 0.366 e. The molecule has 27 heavy (non-hydrogen) atoms. The van der Waals surface area contributed by atoms with Crippen molar-refractivity contribution in [1.82, 2.24) is 4.31 Å². The fraction of sp³-hybridized carbons (Fsp3) is 0.294. The van der Waals surface area contributed by atoms with Crippen LogP contribution in [0.5, 0.6) is 0 Å². The Morgan fingerprint density at radius 1 is 1.22 bits per heavy atom. The minimum Gasteiger partial charge on any atom is -0.366 e. The number of hydrogen-bond donors (Lipinski definition) is 3. The number of carbonyl (C=O) groups excluding carboxylic acids is 2. The average Bonchev–Trinajstić information content (AvgIpc) is 3.10. The van der Waals surface area contributed by atoms with E-state index in [0.29, 0.717) is 18.1 Å². The smallest absolute Gasteiger partial charge is 0.256 e. The standard InChI is InChI=1S/C17H20N4O4S2/c1-20-6-8-21(9-7-20)27(24,25)13-4-2-3-12(11-13)16(23)19-17-14(15(18)22)5-10-26-17/h2-5,10-11H,6-9H2,1H3,(H2,18,22)(H,19,23)/p+1. The van der Waals surface area contributed by atoms with E-state index in [1.165, 1.54) is 50.9 Å². The van der Waals surface area contributed by atoms with Gasteiger partial charge in [-0.05, 0) is 29.6 Å². The Balaban J connectivity index is 1.81. The predicted molar refractivity (Wildman–Crippen MR) is 103 cm³/mol. The Labute approximate surface area is 161 Å². The number of nitrogens with zero attached hydrogens (tertiary/aromatic N) is 1. The molecule has 1 saturated heterocycles. The van der Waals surface area contributed by atoms with E-state index >= 15 is 0 Å². The van der Waals surface area contributed by atoms with Gasteiger partial charge in [-0.15, -0.1) is 11.3 Å². The summed E-state index contributed by atoms with van der Waals surface area (Å²) in [4.78, 5) is 25.3. The topological polar surface area (TPSA) is 114 Å². The molecule has 4 N–H and O–H groups in total. The summed E-state index contributed by atoms with van der Waals surface area (Å²) in [5, 5.41) is 4.60. The molecule has 0 aliphatic carbocycles. The van der Waals surface area contributed by atoms with Crippen LogP contribution in [0.1, 0.15) is 20.7 Å². The number of hydrogen-bond acceptors (Lipinski definition) is 5.